The van der Waals surface area contributed by atoms with E-state index in [0.717, 1.165) is 46.1 Å². The lowest BCUT2D eigenvalue weighted by molar-refractivity contribution is -0.116. The molecule has 2 heterocycles. The first-order valence-corrected chi connectivity index (χ1v) is 12.8. The Morgan fingerprint density at radius 1 is 0.892 bits per heavy atom. The minimum atomic E-state index is -0.214. The number of anilines is 1. The number of aromatic nitrogens is 1. The molecular weight excluding hydrogens is 454 g/mol. The van der Waals surface area contributed by atoms with E-state index >= 15 is 0 Å². The number of nitriles is 1. The number of nitrogens with zero attached hydrogens (tertiary/aromatic N) is 2. The number of hydrogen-bond donors (Lipinski definition) is 1. The fourth-order valence-corrected chi connectivity index (χ4v) is 6.22. The van der Waals surface area contributed by atoms with Gasteiger partial charge in [0.05, 0.1) is 17.7 Å². The van der Waals surface area contributed by atoms with E-state index < -0.39 is 0 Å². The highest BCUT2D eigenvalue weighted by molar-refractivity contribution is 6.13. The minimum absolute atomic E-state index is 0.214. The van der Waals surface area contributed by atoms with Crippen molar-refractivity contribution in [1.29, 1.82) is 5.26 Å². The van der Waals surface area contributed by atoms with E-state index in [1.807, 2.05) is 30.3 Å². The highest BCUT2D eigenvalue weighted by Gasteiger charge is 2.36. The lowest BCUT2D eigenvalue weighted by Gasteiger charge is -2.35. The van der Waals surface area contributed by atoms with Gasteiger partial charge in [-0.25, -0.2) is 0 Å². The summed E-state index contributed by atoms with van der Waals surface area (Å²) in [6.07, 6.45) is 4.56. The van der Waals surface area contributed by atoms with Crippen LogP contribution in [0.1, 0.15) is 47.6 Å². The summed E-state index contributed by atoms with van der Waals surface area (Å²) in [6, 6.07) is 31.0. The lowest BCUT2D eigenvalue weighted by Crippen LogP contribution is -2.27. The van der Waals surface area contributed by atoms with Crippen molar-refractivity contribution in [2.24, 2.45) is 0 Å². The maximum absolute atomic E-state index is 13.5. The number of hydrogen-bond acceptors (Lipinski definition) is 3. The van der Waals surface area contributed by atoms with Gasteiger partial charge >= 0.3 is 0 Å². The number of fused-ring (bicyclic) bond motifs is 5. The van der Waals surface area contributed by atoms with E-state index in [9.17, 15) is 10.1 Å². The molecule has 0 amide bonds. The Morgan fingerprint density at radius 3 is 2.57 bits per heavy atom. The van der Waals surface area contributed by atoms with Crippen LogP contribution in [-0.4, -0.2) is 10.4 Å². The summed E-state index contributed by atoms with van der Waals surface area (Å²) in [5.74, 6) is 0.240. The minimum Gasteiger partial charge on any atom is -0.373 e. The second kappa shape index (κ2) is 8.50. The predicted octanol–water partition coefficient (Wildman–Crippen LogP) is 7.39. The third-order valence-electron chi connectivity index (χ3n) is 7.88. The third-order valence-corrected chi connectivity index (χ3v) is 7.88. The third kappa shape index (κ3) is 3.39. The molecule has 4 heteroatoms. The van der Waals surface area contributed by atoms with Gasteiger partial charge in [-0.1, -0.05) is 66.7 Å². The average Bonchev–Trinajstić information content (AvgIpc) is 3.31. The predicted molar refractivity (Wildman–Crippen MR) is 148 cm³/mol. The van der Waals surface area contributed by atoms with Crippen LogP contribution in [0, 0.1) is 11.3 Å². The zero-order valence-electron chi connectivity index (χ0n) is 20.4. The molecule has 0 saturated carbocycles. The highest BCUT2D eigenvalue weighted by Crippen LogP contribution is 2.49. The van der Waals surface area contributed by atoms with Crippen molar-refractivity contribution in [1.82, 2.24) is 4.57 Å². The Balaban J connectivity index is 1.43. The summed E-state index contributed by atoms with van der Waals surface area (Å²) in [5, 5.41) is 16.9. The Hall–Kier alpha value is -4.62. The summed E-state index contributed by atoms with van der Waals surface area (Å²) >= 11 is 0. The molecule has 5 aromatic rings. The van der Waals surface area contributed by atoms with Gasteiger partial charge in [-0.05, 0) is 52.9 Å². The molecule has 0 radical (unpaired) electrons. The van der Waals surface area contributed by atoms with Gasteiger partial charge in [0.25, 0.3) is 0 Å². The maximum Gasteiger partial charge on any atom is 0.161 e. The van der Waals surface area contributed by atoms with E-state index in [1.165, 1.54) is 21.9 Å². The molecule has 37 heavy (non-hydrogen) atoms. The van der Waals surface area contributed by atoms with Crippen molar-refractivity contribution in [2.75, 3.05) is 5.32 Å². The maximum atomic E-state index is 13.5. The molecule has 2 aliphatic rings. The molecule has 178 valence electrons. The topological polar surface area (TPSA) is 57.8 Å². The molecule has 7 rings (SSSR count). The molecule has 0 fully saturated rings. The summed E-state index contributed by atoms with van der Waals surface area (Å²) in [5.41, 5.74) is 8.25. The summed E-state index contributed by atoms with van der Waals surface area (Å²) in [6.45, 7) is 0.595. The number of ketones is 1. The second-order valence-electron chi connectivity index (χ2n) is 9.95. The lowest BCUT2D eigenvalue weighted by atomic mass is 9.77. The first kappa shape index (κ1) is 21.6. The molecule has 1 aliphatic carbocycles. The number of nitrogens with one attached hydrogen (secondary N) is 1. The monoisotopic (exact) mass is 479 g/mol. The van der Waals surface area contributed by atoms with Gasteiger partial charge in [-0.2, -0.15) is 5.26 Å². The van der Waals surface area contributed by atoms with Crippen LogP contribution in [0.5, 0.6) is 0 Å². The van der Waals surface area contributed by atoms with Crippen LogP contribution < -0.4 is 5.32 Å². The summed E-state index contributed by atoms with van der Waals surface area (Å²) in [4.78, 5) is 13.5. The zero-order valence-corrected chi connectivity index (χ0v) is 20.4. The number of carbonyl (C=O) groups excluding carboxylic acids is 1. The van der Waals surface area contributed by atoms with Crippen molar-refractivity contribution < 1.29 is 4.79 Å². The normalized spacial score (nSPS) is 16.8. The van der Waals surface area contributed by atoms with Crippen molar-refractivity contribution in [3.05, 3.63) is 119 Å². The molecule has 1 aliphatic heterocycles. The molecule has 4 aromatic carbocycles. The van der Waals surface area contributed by atoms with Crippen LogP contribution >= 0.6 is 0 Å². The number of Topliss-reactive ketones (excluding diaryl/α,β-unsaturated/α-hetero) is 1. The van der Waals surface area contributed by atoms with Crippen LogP contribution in [0.15, 0.2) is 96.7 Å². The largest absolute Gasteiger partial charge is 0.373 e. The Bertz CT molecular complexity index is 1800. The highest BCUT2D eigenvalue weighted by atomic mass is 16.1. The van der Waals surface area contributed by atoms with Crippen LogP contribution in [0.3, 0.4) is 0 Å². The average molecular weight is 480 g/mol. The summed E-state index contributed by atoms with van der Waals surface area (Å²) in [7, 11) is 0. The Kier molecular flexibility index (Phi) is 4.97. The molecule has 1 aromatic heterocycles. The zero-order chi connectivity index (χ0) is 24.9. The SMILES string of the molecule is N#Cc1ccccc1Cn1cc([C@@H]2Nc3ccc4ccccc4c3C3=C2C(=O)CCC3)c2ccccc21. The number of para-hydroxylation sites is 1. The molecule has 0 bridgehead atoms. The number of benzene rings is 4. The van der Waals surface area contributed by atoms with E-state index in [-0.39, 0.29) is 11.8 Å². The van der Waals surface area contributed by atoms with Gasteiger partial charge in [-0.3, -0.25) is 4.79 Å². The number of rotatable bonds is 3. The summed E-state index contributed by atoms with van der Waals surface area (Å²) < 4.78 is 2.21. The van der Waals surface area contributed by atoms with Crippen molar-refractivity contribution >= 4 is 38.7 Å². The number of carbonyl (C=O) groups is 1. The van der Waals surface area contributed by atoms with Gasteiger partial charge in [0, 0.05) is 52.5 Å². The second-order valence-corrected chi connectivity index (χ2v) is 9.95. The fourth-order valence-electron chi connectivity index (χ4n) is 6.22. The van der Waals surface area contributed by atoms with Gasteiger partial charge in [-0.15, -0.1) is 0 Å². The van der Waals surface area contributed by atoms with Gasteiger partial charge in [0.15, 0.2) is 5.78 Å². The molecule has 0 unspecified atom stereocenters. The van der Waals surface area contributed by atoms with Crippen LogP contribution in [0.4, 0.5) is 5.69 Å². The smallest absolute Gasteiger partial charge is 0.161 e. The first-order valence-electron chi connectivity index (χ1n) is 12.8. The van der Waals surface area contributed by atoms with E-state index in [1.54, 1.807) is 0 Å². The Labute approximate surface area is 215 Å². The number of allylic oxidation sites excluding steroid dienone is 1. The molecule has 4 nitrogen and oxygen atoms in total. The van der Waals surface area contributed by atoms with Crippen molar-refractivity contribution in [3.8, 4) is 6.07 Å². The first-order chi connectivity index (χ1) is 18.2. The van der Waals surface area contributed by atoms with Gasteiger partial charge in [0.1, 0.15) is 0 Å². The van der Waals surface area contributed by atoms with Crippen molar-refractivity contribution in [3.63, 3.8) is 0 Å². The quantitative estimate of drug-likeness (QED) is 0.294. The van der Waals surface area contributed by atoms with Gasteiger partial charge in [0.2, 0.25) is 0 Å². The van der Waals surface area contributed by atoms with Crippen molar-refractivity contribution in [2.45, 2.75) is 31.8 Å². The van der Waals surface area contributed by atoms with Crippen LogP contribution in [-0.2, 0) is 11.3 Å². The van der Waals surface area contributed by atoms with E-state index in [4.69, 9.17) is 0 Å². The van der Waals surface area contributed by atoms with E-state index in [0.29, 0.717) is 18.5 Å². The van der Waals surface area contributed by atoms with Crippen LogP contribution in [0.2, 0.25) is 0 Å². The van der Waals surface area contributed by atoms with E-state index in [2.05, 4.69) is 76.7 Å². The van der Waals surface area contributed by atoms with Crippen LogP contribution in [0.25, 0.3) is 27.2 Å². The molecule has 1 N–H and O–H groups in total. The molecule has 0 saturated heterocycles. The Morgan fingerprint density at radius 2 is 1.68 bits per heavy atom. The molecule has 0 spiro atoms. The fraction of sp³-hybridized carbons (Fsp3) is 0.152. The molecular formula is C33H25N3O. The standard InChI is InChI=1S/C33H25N3O/c34-18-22-9-1-2-10-23(22)19-36-20-27(25-12-5-6-14-29(25)36)33-32-26(13-7-15-30(32)37)31-24-11-4-3-8-21(24)16-17-28(31)35-33/h1-6,8-12,14,16-17,20,33,35H,7,13,15,19H2/t33-/m0/s1. The van der Waals surface area contributed by atoms with Gasteiger partial charge < -0.3 is 9.88 Å². The molecule has 1 atom stereocenters.